The highest BCUT2D eigenvalue weighted by Crippen LogP contribution is 2.03. The second-order valence-electron chi connectivity index (χ2n) is 3.66. The van der Waals surface area contributed by atoms with Crippen LogP contribution in [-0.2, 0) is 9.32 Å². The zero-order valence-electron chi connectivity index (χ0n) is 8.47. The molecule has 0 bridgehead atoms. The summed E-state index contributed by atoms with van der Waals surface area (Å²) in [7, 11) is -1.62. The van der Waals surface area contributed by atoms with Crippen molar-refractivity contribution in [2.45, 2.75) is 39.9 Å². The molecule has 0 unspecified atom stereocenters. The van der Waals surface area contributed by atoms with E-state index in [9.17, 15) is 4.79 Å². The van der Waals surface area contributed by atoms with Gasteiger partial charge in [0, 0.05) is 6.42 Å². The van der Waals surface area contributed by atoms with E-state index >= 15 is 0 Å². The van der Waals surface area contributed by atoms with Crippen molar-refractivity contribution in [3.8, 4) is 0 Å². The highest BCUT2D eigenvalue weighted by atomic mass is 28.4. The number of oxime groups is 1. The summed E-state index contributed by atoms with van der Waals surface area (Å²) in [4.78, 5) is 11.0. The molecule has 0 N–H and O–H groups in total. The number of carbonyl (C=O) groups is 1. The van der Waals surface area contributed by atoms with Crippen LogP contribution < -0.4 is 0 Å². The lowest BCUT2D eigenvalue weighted by Gasteiger charge is -2.13. The molecule has 0 amide bonds. The second kappa shape index (κ2) is 4.40. The summed E-state index contributed by atoms with van der Waals surface area (Å²) in [6.45, 7) is 9.59. The van der Waals surface area contributed by atoms with Crippen molar-refractivity contribution >= 4 is 19.8 Å². The SMILES string of the molecule is CCC(=O)/C(C)=N/O[Si](C)(C)C. The Morgan fingerprint density at radius 3 is 2.25 bits per heavy atom. The first-order chi connectivity index (χ1) is 5.37. The molecular formula is C8H17NO2Si. The van der Waals surface area contributed by atoms with Gasteiger partial charge in [-0.3, -0.25) is 4.79 Å². The Morgan fingerprint density at radius 2 is 1.92 bits per heavy atom. The average Bonchev–Trinajstić information content (AvgIpc) is 1.97. The lowest BCUT2D eigenvalue weighted by molar-refractivity contribution is -0.112. The zero-order chi connectivity index (χ0) is 9.78. The third-order valence-electron chi connectivity index (χ3n) is 1.18. The Kier molecular flexibility index (Phi) is 4.16. The van der Waals surface area contributed by atoms with Crippen molar-refractivity contribution in [3.63, 3.8) is 0 Å². The van der Waals surface area contributed by atoms with E-state index in [2.05, 4.69) is 5.16 Å². The molecular weight excluding hydrogens is 170 g/mol. The topological polar surface area (TPSA) is 38.7 Å². The van der Waals surface area contributed by atoms with Gasteiger partial charge in [-0.25, -0.2) is 0 Å². The van der Waals surface area contributed by atoms with Crippen molar-refractivity contribution in [2.24, 2.45) is 5.16 Å². The van der Waals surface area contributed by atoms with Crippen molar-refractivity contribution in [1.82, 2.24) is 0 Å². The van der Waals surface area contributed by atoms with Gasteiger partial charge in [0.1, 0.15) is 5.71 Å². The summed E-state index contributed by atoms with van der Waals surface area (Å²) in [6.07, 6.45) is 0.490. The minimum absolute atomic E-state index is 0.0493. The minimum atomic E-state index is -1.62. The monoisotopic (exact) mass is 187 g/mol. The molecule has 70 valence electrons. The summed E-state index contributed by atoms with van der Waals surface area (Å²) in [5, 5.41) is 3.80. The van der Waals surface area contributed by atoms with Crippen LogP contribution in [0.1, 0.15) is 20.3 Å². The molecule has 0 aliphatic rings. The van der Waals surface area contributed by atoms with Crippen LogP contribution in [0.2, 0.25) is 19.6 Å². The van der Waals surface area contributed by atoms with E-state index in [1.165, 1.54) is 0 Å². The Balaban J connectivity index is 4.10. The molecule has 0 rings (SSSR count). The zero-order valence-corrected chi connectivity index (χ0v) is 9.47. The third kappa shape index (κ3) is 5.07. The van der Waals surface area contributed by atoms with Crippen LogP contribution in [0.15, 0.2) is 5.16 Å². The van der Waals surface area contributed by atoms with Gasteiger partial charge in [-0.1, -0.05) is 6.92 Å². The Morgan fingerprint density at radius 1 is 1.42 bits per heavy atom. The van der Waals surface area contributed by atoms with E-state index in [1.54, 1.807) is 6.92 Å². The number of carbonyl (C=O) groups excluding carboxylic acids is 1. The van der Waals surface area contributed by atoms with Crippen molar-refractivity contribution in [1.29, 1.82) is 0 Å². The van der Waals surface area contributed by atoms with Crippen LogP contribution in [0.4, 0.5) is 0 Å². The molecule has 0 atom stereocenters. The van der Waals surface area contributed by atoms with Crippen LogP contribution in [0.25, 0.3) is 0 Å². The van der Waals surface area contributed by atoms with E-state index in [4.69, 9.17) is 4.53 Å². The van der Waals surface area contributed by atoms with Gasteiger partial charge in [-0.2, -0.15) is 0 Å². The van der Waals surface area contributed by atoms with Crippen LogP contribution >= 0.6 is 0 Å². The van der Waals surface area contributed by atoms with E-state index < -0.39 is 8.32 Å². The van der Waals surface area contributed by atoms with Crippen molar-refractivity contribution < 1.29 is 9.32 Å². The standard InChI is InChI=1S/C8H17NO2Si/c1-6-8(10)7(2)9-11-12(3,4)5/h6H2,1-5H3/b9-7+. The van der Waals surface area contributed by atoms with Gasteiger partial charge in [-0.15, -0.1) is 5.16 Å². The smallest absolute Gasteiger partial charge is 0.278 e. The molecule has 0 saturated carbocycles. The third-order valence-corrected chi connectivity index (χ3v) is 1.82. The first-order valence-electron chi connectivity index (χ1n) is 4.13. The summed E-state index contributed by atoms with van der Waals surface area (Å²) in [6, 6.07) is 0. The maximum absolute atomic E-state index is 11.0. The van der Waals surface area contributed by atoms with E-state index in [1.807, 2.05) is 26.6 Å². The number of ketones is 1. The number of hydrogen-bond donors (Lipinski definition) is 0. The largest absolute Gasteiger partial charge is 0.455 e. The molecule has 0 aromatic rings. The Labute approximate surface area is 74.9 Å². The van der Waals surface area contributed by atoms with Crippen LogP contribution in [0, 0.1) is 0 Å². The summed E-state index contributed by atoms with van der Waals surface area (Å²) < 4.78 is 5.22. The number of Topliss-reactive ketones (excluding diaryl/α,β-unsaturated/α-hetero) is 1. The lowest BCUT2D eigenvalue weighted by atomic mass is 10.2. The molecule has 0 aliphatic heterocycles. The molecule has 3 nitrogen and oxygen atoms in total. The predicted octanol–water partition coefficient (Wildman–Crippen LogP) is 2.19. The molecule has 0 heterocycles. The fourth-order valence-electron chi connectivity index (χ4n) is 0.512. The molecule has 0 fully saturated rings. The number of nitrogens with zero attached hydrogens (tertiary/aromatic N) is 1. The summed E-state index contributed by atoms with van der Waals surface area (Å²) in [5.74, 6) is 0.0493. The quantitative estimate of drug-likeness (QED) is 0.384. The predicted molar refractivity (Wildman–Crippen MR) is 52.8 cm³/mol. The van der Waals surface area contributed by atoms with Crippen molar-refractivity contribution in [3.05, 3.63) is 0 Å². The molecule has 12 heavy (non-hydrogen) atoms. The first-order valence-corrected chi connectivity index (χ1v) is 7.53. The molecule has 0 spiro atoms. The van der Waals surface area contributed by atoms with Gasteiger partial charge >= 0.3 is 0 Å². The second-order valence-corrected chi connectivity index (χ2v) is 8.06. The molecule has 0 aliphatic carbocycles. The summed E-state index contributed by atoms with van der Waals surface area (Å²) >= 11 is 0. The van der Waals surface area contributed by atoms with Crippen LogP contribution in [0.5, 0.6) is 0 Å². The normalized spacial score (nSPS) is 12.9. The lowest BCUT2D eigenvalue weighted by Crippen LogP contribution is -2.23. The highest BCUT2D eigenvalue weighted by molar-refractivity contribution is 6.69. The molecule has 0 radical (unpaired) electrons. The number of rotatable bonds is 4. The van der Waals surface area contributed by atoms with Crippen LogP contribution in [-0.4, -0.2) is 19.8 Å². The maximum atomic E-state index is 11.0. The first kappa shape index (κ1) is 11.4. The highest BCUT2D eigenvalue weighted by Gasteiger charge is 2.16. The van der Waals surface area contributed by atoms with Gasteiger partial charge in [0.15, 0.2) is 5.78 Å². The fraction of sp³-hybridized carbons (Fsp3) is 0.750. The van der Waals surface area contributed by atoms with Gasteiger partial charge in [0.2, 0.25) is 0 Å². The molecule has 4 heteroatoms. The van der Waals surface area contributed by atoms with E-state index in [-0.39, 0.29) is 5.78 Å². The van der Waals surface area contributed by atoms with Crippen molar-refractivity contribution in [2.75, 3.05) is 0 Å². The Bertz CT molecular complexity index is 194. The maximum Gasteiger partial charge on any atom is 0.278 e. The fourth-order valence-corrected chi connectivity index (χ4v) is 0.923. The molecule has 0 aromatic heterocycles. The van der Waals surface area contributed by atoms with Gasteiger partial charge < -0.3 is 4.53 Å². The molecule has 0 aromatic carbocycles. The van der Waals surface area contributed by atoms with Gasteiger partial charge in [-0.05, 0) is 26.6 Å². The molecule has 0 saturated heterocycles. The minimum Gasteiger partial charge on any atom is -0.455 e. The summed E-state index contributed by atoms with van der Waals surface area (Å²) in [5.41, 5.74) is 0.472. The van der Waals surface area contributed by atoms with Gasteiger partial charge in [0.25, 0.3) is 8.32 Å². The Hall–Kier alpha value is -0.643. The van der Waals surface area contributed by atoms with E-state index in [0.717, 1.165) is 0 Å². The van der Waals surface area contributed by atoms with Gasteiger partial charge in [0.05, 0.1) is 0 Å². The van der Waals surface area contributed by atoms with E-state index in [0.29, 0.717) is 12.1 Å². The average molecular weight is 187 g/mol. The van der Waals surface area contributed by atoms with Crippen LogP contribution in [0.3, 0.4) is 0 Å². The number of hydrogen-bond acceptors (Lipinski definition) is 3.